The van der Waals surface area contributed by atoms with E-state index in [1.54, 1.807) is 24.3 Å². The molecule has 0 aliphatic carbocycles. The second-order valence-corrected chi connectivity index (χ2v) is 5.36. The maximum Gasteiger partial charge on any atom is 0.280 e. The lowest BCUT2D eigenvalue weighted by atomic mass is 10.2. The zero-order valence-corrected chi connectivity index (χ0v) is 13.1. The fraction of sp³-hybridized carbons (Fsp3) is 0.0625. The number of para-hydroxylation sites is 2. The van der Waals surface area contributed by atoms with Crippen LogP contribution in [0.5, 0.6) is 0 Å². The number of aryl methyl sites for hydroxylation is 1. The van der Waals surface area contributed by atoms with Gasteiger partial charge in [0.2, 0.25) is 0 Å². The molecule has 0 saturated heterocycles. The second-order valence-electron chi connectivity index (χ2n) is 4.96. The van der Waals surface area contributed by atoms with Crippen LogP contribution in [0.4, 0.5) is 11.5 Å². The van der Waals surface area contributed by atoms with E-state index in [9.17, 15) is 4.79 Å². The molecule has 0 aliphatic heterocycles. The van der Waals surface area contributed by atoms with Crippen molar-refractivity contribution in [2.45, 2.75) is 6.92 Å². The first kappa shape index (κ1) is 15.1. The number of nitrogens with zero attached hydrogens (tertiary/aromatic N) is 3. The van der Waals surface area contributed by atoms with Gasteiger partial charge >= 0.3 is 0 Å². The molecule has 23 heavy (non-hydrogen) atoms. The highest BCUT2D eigenvalue weighted by molar-refractivity contribution is 6.33. The highest BCUT2D eigenvalue weighted by Gasteiger charge is 2.19. The summed E-state index contributed by atoms with van der Waals surface area (Å²) >= 11 is 6.03. The predicted molar refractivity (Wildman–Crippen MR) is 89.9 cm³/mol. The Balaban J connectivity index is 1.92. The van der Waals surface area contributed by atoms with Gasteiger partial charge in [0.15, 0.2) is 11.5 Å². The van der Waals surface area contributed by atoms with Gasteiger partial charge in [-0.3, -0.25) is 4.79 Å². The van der Waals surface area contributed by atoms with Crippen LogP contribution in [0.15, 0.2) is 48.5 Å². The van der Waals surface area contributed by atoms with Gasteiger partial charge in [-0.1, -0.05) is 47.1 Å². The SMILES string of the molecule is Cc1ccccc1-n1nnc(C(=O)Nc2ccccc2Cl)c1N. The topological polar surface area (TPSA) is 85.8 Å². The molecule has 3 N–H and O–H groups in total. The number of nitrogens with two attached hydrogens (primary N) is 1. The first-order valence-electron chi connectivity index (χ1n) is 6.91. The molecule has 1 heterocycles. The molecular weight excluding hydrogens is 314 g/mol. The highest BCUT2D eigenvalue weighted by Crippen LogP contribution is 2.23. The fourth-order valence-electron chi connectivity index (χ4n) is 2.17. The molecule has 2 aromatic carbocycles. The summed E-state index contributed by atoms with van der Waals surface area (Å²) in [6, 6.07) is 14.5. The minimum atomic E-state index is -0.463. The normalized spacial score (nSPS) is 10.5. The maximum atomic E-state index is 12.4. The Kier molecular flexibility index (Phi) is 3.99. The number of benzene rings is 2. The van der Waals surface area contributed by atoms with Crippen molar-refractivity contribution in [2.24, 2.45) is 0 Å². The van der Waals surface area contributed by atoms with Gasteiger partial charge in [0, 0.05) is 0 Å². The largest absolute Gasteiger partial charge is 0.382 e. The van der Waals surface area contributed by atoms with Crippen molar-refractivity contribution in [3.63, 3.8) is 0 Å². The first-order valence-corrected chi connectivity index (χ1v) is 7.29. The molecule has 116 valence electrons. The van der Waals surface area contributed by atoms with Crippen molar-refractivity contribution in [3.05, 3.63) is 64.8 Å². The molecule has 3 rings (SSSR count). The molecule has 6 nitrogen and oxygen atoms in total. The molecule has 0 bridgehead atoms. The minimum absolute atomic E-state index is 0.0492. The van der Waals surface area contributed by atoms with Crippen LogP contribution in [0.3, 0.4) is 0 Å². The lowest BCUT2D eigenvalue weighted by Crippen LogP contribution is -2.15. The number of carbonyl (C=O) groups excluding carboxylic acids is 1. The zero-order valence-electron chi connectivity index (χ0n) is 12.3. The maximum absolute atomic E-state index is 12.4. The van der Waals surface area contributed by atoms with Gasteiger partial charge in [-0.2, -0.15) is 4.68 Å². The average molecular weight is 328 g/mol. The van der Waals surface area contributed by atoms with E-state index < -0.39 is 5.91 Å². The van der Waals surface area contributed by atoms with Crippen molar-refractivity contribution in [1.82, 2.24) is 15.0 Å². The van der Waals surface area contributed by atoms with Gasteiger partial charge < -0.3 is 11.1 Å². The van der Waals surface area contributed by atoms with Gasteiger partial charge in [0.25, 0.3) is 5.91 Å². The van der Waals surface area contributed by atoms with E-state index >= 15 is 0 Å². The van der Waals surface area contributed by atoms with Crippen LogP contribution in [0.25, 0.3) is 5.69 Å². The number of nitrogens with one attached hydrogen (secondary N) is 1. The Hall–Kier alpha value is -2.86. The van der Waals surface area contributed by atoms with Crippen LogP contribution in [0, 0.1) is 6.92 Å². The van der Waals surface area contributed by atoms with E-state index in [1.165, 1.54) is 4.68 Å². The van der Waals surface area contributed by atoms with Crippen molar-refractivity contribution in [2.75, 3.05) is 11.1 Å². The molecule has 0 atom stereocenters. The third-order valence-electron chi connectivity index (χ3n) is 3.39. The molecule has 0 fully saturated rings. The number of hydrogen-bond donors (Lipinski definition) is 2. The first-order chi connectivity index (χ1) is 11.1. The standard InChI is InChI=1S/C16H14ClN5O/c1-10-6-2-5-9-13(10)22-15(18)14(20-21-22)16(23)19-12-8-4-3-7-11(12)17/h2-9H,18H2,1H3,(H,19,23). The molecule has 0 spiro atoms. The third-order valence-corrected chi connectivity index (χ3v) is 3.72. The Morgan fingerprint density at radius 3 is 2.61 bits per heavy atom. The zero-order chi connectivity index (χ0) is 16.4. The van der Waals surface area contributed by atoms with Gasteiger partial charge in [-0.25, -0.2) is 0 Å². The molecule has 7 heteroatoms. The number of rotatable bonds is 3. The summed E-state index contributed by atoms with van der Waals surface area (Å²) in [5, 5.41) is 11.0. The molecule has 0 unspecified atom stereocenters. The van der Waals surface area contributed by atoms with E-state index in [0.29, 0.717) is 10.7 Å². The minimum Gasteiger partial charge on any atom is -0.382 e. The number of hydrogen-bond acceptors (Lipinski definition) is 4. The highest BCUT2D eigenvalue weighted by atomic mass is 35.5. The second kappa shape index (κ2) is 6.10. The number of amides is 1. The predicted octanol–water partition coefficient (Wildman–Crippen LogP) is 3.06. The van der Waals surface area contributed by atoms with Gasteiger partial charge in [-0.05, 0) is 30.7 Å². The van der Waals surface area contributed by atoms with Crippen molar-refractivity contribution in [1.29, 1.82) is 0 Å². The number of nitrogen functional groups attached to an aromatic ring is 1. The van der Waals surface area contributed by atoms with E-state index in [-0.39, 0.29) is 11.5 Å². The van der Waals surface area contributed by atoms with E-state index in [0.717, 1.165) is 11.3 Å². The average Bonchev–Trinajstić information content (AvgIpc) is 2.92. The molecule has 3 aromatic rings. The Morgan fingerprint density at radius 1 is 1.17 bits per heavy atom. The summed E-state index contributed by atoms with van der Waals surface area (Å²) in [7, 11) is 0. The van der Waals surface area contributed by atoms with E-state index in [1.807, 2.05) is 31.2 Å². The van der Waals surface area contributed by atoms with E-state index in [2.05, 4.69) is 15.6 Å². The van der Waals surface area contributed by atoms with Crippen molar-refractivity contribution in [3.8, 4) is 5.69 Å². The van der Waals surface area contributed by atoms with Crippen LogP contribution in [0.2, 0.25) is 5.02 Å². The Bertz CT molecular complexity index is 874. The summed E-state index contributed by atoms with van der Waals surface area (Å²) in [5.41, 5.74) is 8.33. The summed E-state index contributed by atoms with van der Waals surface area (Å²) in [4.78, 5) is 12.4. The molecule has 0 radical (unpaired) electrons. The van der Waals surface area contributed by atoms with Crippen molar-refractivity contribution >= 4 is 29.0 Å². The van der Waals surface area contributed by atoms with E-state index in [4.69, 9.17) is 17.3 Å². The smallest absolute Gasteiger partial charge is 0.280 e. The molecule has 1 aromatic heterocycles. The molecule has 1 amide bonds. The summed E-state index contributed by atoms with van der Waals surface area (Å²) in [5.74, 6) is -0.292. The number of anilines is 2. The van der Waals surface area contributed by atoms with Crippen molar-refractivity contribution < 1.29 is 4.79 Å². The number of halogens is 1. The lowest BCUT2D eigenvalue weighted by molar-refractivity contribution is 0.102. The molecule has 0 aliphatic rings. The summed E-state index contributed by atoms with van der Waals surface area (Å²) in [6.45, 7) is 1.93. The Labute approximate surface area is 137 Å². The summed E-state index contributed by atoms with van der Waals surface area (Å²) in [6.07, 6.45) is 0. The van der Waals surface area contributed by atoms with Crippen LogP contribution in [0.1, 0.15) is 16.1 Å². The van der Waals surface area contributed by atoms with Crippen LogP contribution in [-0.4, -0.2) is 20.9 Å². The van der Waals surface area contributed by atoms with Gasteiger partial charge in [-0.15, -0.1) is 5.10 Å². The monoisotopic (exact) mass is 327 g/mol. The molecule has 0 saturated carbocycles. The quantitative estimate of drug-likeness (QED) is 0.774. The van der Waals surface area contributed by atoms with Crippen LogP contribution in [-0.2, 0) is 0 Å². The van der Waals surface area contributed by atoms with Crippen LogP contribution >= 0.6 is 11.6 Å². The Morgan fingerprint density at radius 2 is 1.87 bits per heavy atom. The van der Waals surface area contributed by atoms with Gasteiger partial charge in [0.1, 0.15) is 0 Å². The van der Waals surface area contributed by atoms with Crippen LogP contribution < -0.4 is 11.1 Å². The third kappa shape index (κ3) is 2.89. The number of carbonyl (C=O) groups is 1. The lowest BCUT2D eigenvalue weighted by Gasteiger charge is -2.07. The number of aromatic nitrogens is 3. The summed E-state index contributed by atoms with van der Waals surface area (Å²) < 4.78 is 1.44. The fourth-order valence-corrected chi connectivity index (χ4v) is 2.36. The van der Waals surface area contributed by atoms with Gasteiger partial charge in [0.05, 0.1) is 16.4 Å². The molecular formula is C16H14ClN5O.